The largest absolute Gasteiger partial charge is 0.380 e. The van der Waals surface area contributed by atoms with Crippen molar-refractivity contribution >= 4 is 11.4 Å². The molecule has 0 aliphatic carbocycles. The van der Waals surface area contributed by atoms with Crippen LogP contribution in [0.2, 0.25) is 0 Å². The van der Waals surface area contributed by atoms with E-state index >= 15 is 0 Å². The van der Waals surface area contributed by atoms with Crippen LogP contribution in [0, 0.1) is 12.3 Å². The van der Waals surface area contributed by atoms with E-state index in [0.717, 1.165) is 5.69 Å². The minimum atomic E-state index is -0.276. The average molecular weight is 320 g/mol. The number of hydrogen-bond donors (Lipinski definition) is 2. The molecule has 0 bridgehead atoms. The Kier molecular flexibility index (Phi) is 5.57. The Bertz CT molecular complexity index is 693. The number of fused-ring (bicyclic) bond motifs is 1. The van der Waals surface area contributed by atoms with Crippen LogP contribution in [0.3, 0.4) is 0 Å². The Morgan fingerprint density at radius 1 is 1.04 bits per heavy atom. The van der Waals surface area contributed by atoms with E-state index in [4.69, 9.17) is 6.42 Å². The van der Waals surface area contributed by atoms with Crippen molar-refractivity contribution in [3.05, 3.63) is 60.2 Å². The molecular weight excluding hydrogens is 292 g/mol. The minimum absolute atomic E-state index is 0.272. The molecule has 0 aromatic heterocycles. The average Bonchev–Trinajstić information content (AvgIpc) is 2.55. The summed E-state index contributed by atoms with van der Waals surface area (Å²) < 4.78 is 0. The number of rotatable bonds is 2. The van der Waals surface area contributed by atoms with Crippen LogP contribution in [0.1, 0.15) is 39.7 Å². The van der Waals surface area contributed by atoms with E-state index in [1.54, 1.807) is 0 Å². The van der Waals surface area contributed by atoms with E-state index in [1.807, 2.05) is 44.2 Å². The maximum Gasteiger partial charge on any atom is 0.0927 e. The van der Waals surface area contributed by atoms with Crippen molar-refractivity contribution in [1.29, 1.82) is 0 Å². The molecule has 1 heterocycles. The molecule has 2 nitrogen and oxygen atoms in total. The van der Waals surface area contributed by atoms with Crippen molar-refractivity contribution in [1.82, 2.24) is 0 Å². The molecule has 0 saturated carbocycles. The third kappa shape index (κ3) is 5.35. The van der Waals surface area contributed by atoms with E-state index in [2.05, 4.69) is 54.7 Å². The van der Waals surface area contributed by atoms with Crippen molar-refractivity contribution in [3.63, 3.8) is 0 Å². The molecule has 0 radical (unpaired) electrons. The van der Waals surface area contributed by atoms with E-state index in [-0.39, 0.29) is 11.1 Å². The lowest BCUT2D eigenvalue weighted by Crippen LogP contribution is -2.34. The number of aryl methyl sites for hydroxylation is 1. The second kappa shape index (κ2) is 7.45. The van der Waals surface area contributed by atoms with Crippen LogP contribution in [0.4, 0.5) is 11.4 Å². The number of para-hydroxylation sites is 2. The van der Waals surface area contributed by atoms with Crippen LogP contribution in [0.15, 0.2) is 54.6 Å². The lowest BCUT2D eigenvalue weighted by Gasteiger charge is -2.33. The first kappa shape index (κ1) is 17.9. The number of benzene rings is 2. The number of nitrogens with one attached hydrogen (secondary N) is 2. The molecule has 2 heteroatoms. The molecule has 0 saturated heterocycles. The Morgan fingerprint density at radius 3 is 2.33 bits per heavy atom. The van der Waals surface area contributed by atoms with E-state index in [1.165, 1.54) is 24.1 Å². The predicted octanol–water partition coefficient (Wildman–Crippen LogP) is 5.33. The molecule has 1 aliphatic heterocycles. The summed E-state index contributed by atoms with van der Waals surface area (Å²) in [5.74, 6) is 2.68. The summed E-state index contributed by atoms with van der Waals surface area (Å²) in [7, 11) is 0. The highest BCUT2D eigenvalue weighted by Gasteiger charge is 2.23. The summed E-state index contributed by atoms with van der Waals surface area (Å²) in [6, 6.07) is 18.5. The second-order valence-electron chi connectivity index (χ2n) is 7.43. The molecule has 126 valence electrons. The minimum Gasteiger partial charge on any atom is -0.380 e. The summed E-state index contributed by atoms with van der Waals surface area (Å²) in [5, 5.41) is 6.77. The Labute approximate surface area is 146 Å². The Balaban J connectivity index is 0.000000174. The van der Waals surface area contributed by atoms with Gasteiger partial charge in [-0.2, -0.15) is 0 Å². The second-order valence-corrected chi connectivity index (χ2v) is 7.43. The van der Waals surface area contributed by atoms with Gasteiger partial charge in [-0.3, -0.25) is 0 Å². The van der Waals surface area contributed by atoms with Gasteiger partial charge < -0.3 is 10.6 Å². The molecule has 0 unspecified atom stereocenters. The highest BCUT2D eigenvalue weighted by atomic mass is 15.0. The molecule has 0 spiro atoms. The van der Waals surface area contributed by atoms with Crippen LogP contribution in [-0.2, 0) is 6.42 Å². The van der Waals surface area contributed by atoms with Gasteiger partial charge in [-0.25, -0.2) is 0 Å². The monoisotopic (exact) mass is 320 g/mol. The smallest absolute Gasteiger partial charge is 0.0927 e. The van der Waals surface area contributed by atoms with Gasteiger partial charge in [0.25, 0.3) is 0 Å². The van der Waals surface area contributed by atoms with Crippen LogP contribution in [0.25, 0.3) is 0 Å². The fourth-order valence-electron chi connectivity index (χ4n) is 2.65. The SMILES string of the molecule is C#CC(C)(C)Nc1ccccc1.CC1(C)CCc2ccccc2N1. The van der Waals surface area contributed by atoms with Gasteiger partial charge in [0.2, 0.25) is 0 Å². The van der Waals surface area contributed by atoms with Gasteiger partial charge in [0.05, 0.1) is 5.54 Å². The van der Waals surface area contributed by atoms with E-state index in [0.29, 0.717) is 0 Å². The molecule has 24 heavy (non-hydrogen) atoms. The fraction of sp³-hybridized carbons (Fsp3) is 0.364. The van der Waals surface area contributed by atoms with Crippen molar-refractivity contribution in [2.24, 2.45) is 0 Å². The third-order valence-electron chi connectivity index (χ3n) is 4.10. The van der Waals surface area contributed by atoms with Gasteiger partial charge in [-0.1, -0.05) is 42.3 Å². The first-order chi connectivity index (χ1) is 11.3. The van der Waals surface area contributed by atoms with E-state index < -0.39 is 0 Å². The summed E-state index contributed by atoms with van der Waals surface area (Å²) in [6.07, 6.45) is 7.77. The van der Waals surface area contributed by atoms with Crippen LogP contribution < -0.4 is 10.6 Å². The summed E-state index contributed by atoms with van der Waals surface area (Å²) in [5.41, 5.74) is 3.82. The first-order valence-corrected chi connectivity index (χ1v) is 8.48. The molecule has 0 atom stereocenters. The molecule has 3 rings (SSSR count). The molecule has 1 aliphatic rings. The van der Waals surface area contributed by atoms with Gasteiger partial charge in [-0.05, 0) is 64.3 Å². The van der Waals surface area contributed by atoms with Gasteiger partial charge >= 0.3 is 0 Å². The maximum absolute atomic E-state index is 5.34. The van der Waals surface area contributed by atoms with Gasteiger partial charge in [0.15, 0.2) is 0 Å². The predicted molar refractivity (Wildman–Crippen MR) is 105 cm³/mol. The number of anilines is 2. The standard InChI is InChI=1S/C11H15N.C11H13N/c1-11(2)8-7-9-5-3-4-6-10(9)12-11;1-4-11(2,3)12-10-8-6-5-7-9-10/h3-6,12H,7-8H2,1-2H3;1,5-9,12H,2-3H3. The zero-order valence-electron chi connectivity index (χ0n) is 15.2. The molecule has 0 amide bonds. The summed E-state index contributed by atoms with van der Waals surface area (Å²) >= 11 is 0. The zero-order chi connectivity index (χ0) is 17.6. The number of hydrogen-bond acceptors (Lipinski definition) is 2. The molecular formula is C22H28N2. The van der Waals surface area contributed by atoms with Gasteiger partial charge in [0.1, 0.15) is 0 Å². The van der Waals surface area contributed by atoms with Crippen molar-refractivity contribution in [2.45, 2.75) is 51.6 Å². The Hall–Kier alpha value is -2.40. The zero-order valence-corrected chi connectivity index (χ0v) is 15.2. The highest BCUT2D eigenvalue weighted by Crippen LogP contribution is 2.29. The normalized spacial score (nSPS) is 15.0. The summed E-state index contributed by atoms with van der Waals surface area (Å²) in [4.78, 5) is 0. The van der Waals surface area contributed by atoms with Crippen molar-refractivity contribution < 1.29 is 0 Å². The first-order valence-electron chi connectivity index (χ1n) is 8.48. The topological polar surface area (TPSA) is 24.1 Å². The number of terminal acetylenes is 1. The van der Waals surface area contributed by atoms with Gasteiger partial charge in [0, 0.05) is 16.9 Å². The molecule has 0 fully saturated rings. The van der Waals surface area contributed by atoms with Crippen LogP contribution in [-0.4, -0.2) is 11.1 Å². The summed E-state index contributed by atoms with van der Waals surface area (Å²) in [6.45, 7) is 8.45. The lowest BCUT2D eigenvalue weighted by atomic mass is 9.90. The quantitative estimate of drug-likeness (QED) is 0.730. The van der Waals surface area contributed by atoms with Crippen molar-refractivity contribution in [3.8, 4) is 12.3 Å². The van der Waals surface area contributed by atoms with Crippen LogP contribution >= 0.6 is 0 Å². The molecule has 2 aromatic carbocycles. The Morgan fingerprint density at radius 2 is 1.67 bits per heavy atom. The molecule has 2 aromatic rings. The molecule has 2 N–H and O–H groups in total. The van der Waals surface area contributed by atoms with E-state index in [9.17, 15) is 0 Å². The van der Waals surface area contributed by atoms with Gasteiger partial charge in [-0.15, -0.1) is 6.42 Å². The maximum atomic E-state index is 5.34. The third-order valence-corrected chi connectivity index (χ3v) is 4.10. The fourth-order valence-corrected chi connectivity index (χ4v) is 2.65. The van der Waals surface area contributed by atoms with Crippen molar-refractivity contribution in [2.75, 3.05) is 10.6 Å². The lowest BCUT2D eigenvalue weighted by molar-refractivity contribution is 0.502. The van der Waals surface area contributed by atoms with Crippen LogP contribution in [0.5, 0.6) is 0 Å². The highest BCUT2D eigenvalue weighted by molar-refractivity contribution is 5.54.